The Morgan fingerprint density at radius 2 is 1.12 bits per heavy atom. The summed E-state index contributed by atoms with van der Waals surface area (Å²) in [5, 5.41) is 11.8. The third-order valence-electron chi connectivity index (χ3n) is 15.3. The quantitative estimate of drug-likeness (QED) is 0.122. The van der Waals surface area contributed by atoms with Crippen LogP contribution in [0.3, 0.4) is 0 Å². The lowest BCUT2D eigenvalue weighted by Crippen LogP contribution is -2.50. The normalized spacial score (nSPS) is 21.6. The number of hydrogen-bond donors (Lipinski definition) is 3. The SMILES string of the molecule is CN(C)C(=O)c1cc2cnc(Nc3ccc(N4CC5CC4CN5)cn3)nc2n1C1CCCC1.CN(C)C(=O)c1cc2cnc(Nc3ccc(N4CC5CC4CN5C(=O)OC(C)(C)C)cn3)nc2n1C1CCCC1. The second-order valence-corrected chi connectivity index (χ2v) is 22.0. The van der Waals surface area contributed by atoms with Gasteiger partial charge in [0.2, 0.25) is 11.9 Å². The monoisotopic (exact) mass is 993 g/mol. The van der Waals surface area contributed by atoms with Crippen LogP contribution >= 0.6 is 0 Å². The molecule has 0 spiro atoms. The molecule has 6 aliphatic rings. The van der Waals surface area contributed by atoms with Gasteiger partial charge in [-0.3, -0.25) is 9.59 Å². The molecule has 73 heavy (non-hydrogen) atoms. The van der Waals surface area contributed by atoms with Gasteiger partial charge in [0.25, 0.3) is 11.8 Å². The predicted molar refractivity (Wildman–Crippen MR) is 281 cm³/mol. The molecular formula is C53H68N16O4. The number of likely N-dealkylation sites (tertiary alicyclic amines) is 1. The van der Waals surface area contributed by atoms with E-state index in [0.717, 1.165) is 98.0 Å². The first-order valence-corrected chi connectivity index (χ1v) is 26.1. The fraction of sp³-hybridized carbons (Fsp3) is 0.528. The number of pyridine rings is 2. The van der Waals surface area contributed by atoms with Gasteiger partial charge in [0.15, 0.2) is 0 Å². The number of amides is 3. The molecule has 4 aliphatic heterocycles. The molecule has 4 bridgehead atoms. The zero-order valence-corrected chi connectivity index (χ0v) is 43.1. The summed E-state index contributed by atoms with van der Waals surface area (Å²) >= 11 is 0. The van der Waals surface area contributed by atoms with Crippen molar-refractivity contribution in [3.8, 4) is 0 Å². The summed E-state index contributed by atoms with van der Waals surface area (Å²) < 4.78 is 9.83. The number of anilines is 6. The van der Waals surface area contributed by atoms with Crippen molar-refractivity contribution in [2.24, 2.45) is 0 Å². The minimum absolute atomic E-state index is 0.00233. The van der Waals surface area contributed by atoms with Crippen LogP contribution in [-0.2, 0) is 4.74 Å². The lowest BCUT2D eigenvalue weighted by Gasteiger charge is -2.36. The van der Waals surface area contributed by atoms with Gasteiger partial charge in [-0.25, -0.2) is 24.7 Å². The molecule has 10 heterocycles. The van der Waals surface area contributed by atoms with E-state index < -0.39 is 5.60 Å². The van der Waals surface area contributed by atoms with Crippen LogP contribution < -0.4 is 25.8 Å². The summed E-state index contributed by atoms with van der Waals surface area (Å²) in [4.78, 5) is 76.2. The van der Waals surface area contributed by atoms with E-state index in [1.54, 1.807) is 50.4 Å². The summed E-state index contributed by atoms with van der Waals surface area (Å²) in [6.45, 7) is 9.21. The van der Waals surface area contributed by atoms with Crippen LogP contribution in [0.5, 0.6) is 0 Å². The van der Waals surface area contributed by atoms with Gasteiger partial charge < -0.3 is 54.3 Å². The van der Waals surface area contributed by atoms with E-state index in [2.05, 4.69) is 60.9 Å². The Morgan fingerprint density at radius 3 is 1.52 bits per heavy atom. The number of hydrogen-bond acceptors (Lipinski definition) is 15. The average molecular weight is 993 g/mol. The number of fused-ring (bicyclic) bond motifs is 6. The molecule has 20 heteroatoms. The lowest BCUT2D eigenvalue weighted by atomic mass is 10.2. The minimum atomic E-state index is -0.495. The van der Waals surface area contributed by atoms with Crippen molar-refractivity contribution in [3.05, 3.63) is 72.6 Å². The van der Waals surface area contributed by atoms with Gasteiger partial charge in [0.05, 0.1) is 29.8 Å². The van der Waals surface area contributed by atoms with Crippen LogP contribution in [0, 0.1) is 0 Å². The van der Waals surface area contributed by atoms with Crippen LogP contribution in [0.4, 0.5) is 39.7 Å². The van der Waals surface area contributed by atoms with Crippen molar-refractivity contribution in [1.29, 1.82) is 0 Å². The molecule has 20 nitrogen and oxygen atoms in total. The third-order valence-corrected chi connectivity index (χ3v) is 15.3. The van der Waals surface area contributed by atoms with Gasteiger partial charge in [-0.1, -0.05) is 25.7 Å². The number of rotatable bonds is 10. The second kappa shape index (κ2) is 19.4. The van der Waals surface area contributed by atoms with Crippen molar-refractivity contribution in [2.75, 3.05) is 74.8 Å². The summed E-state index contributed by atoms with van der Waals surface area (Å²) in [5.74, 6) is 2.27. The van der Waals surface area contributed by atoms with E-state index in [0.29, 0.717) is 59.6 Å². The number of piperazine rings is 2. The summed E-state index contributed by atoms with van der Waals surface area (Å²) in [6, 6.07) is 14.0. The topological polar surface area (TPSA) is 200 Å². The van der Waals surface area contributed by atoms with Gasteiger partial charge in [-0.2, -0.15) is 9.97 Å². The zero-order chi connectivity index (χ0) is 50.7. The first-order valence-electron chi connectivity index (χ1n) is 26.1. The Hall–Kier alpha value is -7.09. The summed E-state index contributed by atoms with van der Waals surface area (Å²) in [5.41, 5.74) is 4.62. The average Bonchev–Trinajstić information content (AvgIpc) is 4.24. The number of aromatic nitrogens is 8. The molecule has 12 rings (SSSR count). The summed E-state index contributed by atoms with van der Waals surface area (Å²) in [7, 11) is 7.13. The predicted octanol–water partition coefficient (Wildman–Crippen LogP) is 7.52. The van der Waals surface area contributed by atoms with Crippen LogP contribution in [0.15, 0.2) is 61.2 Å². The molecule has 0 radical (unpaired) electrons. The molecule has 6 aromatic heterocycles. The smallest absolute Gasteiger partial charge is 0.410 e. The van der Waals surface area contributed by atoms with Gasteiger partial charge in [-0.05, 0) is 95.7 Å². The van der Waals surface area contributed by atoms with E-state index in [1.807, 2.05) is 68.4 Å². The number of carbonyl (C=O) groups excluding carboxylic acids is 3. The second-order valence-electron chi connectivity index (χ2n) is 22.0. The van der Waals surface area contributed by atoms with Crippen LogP contribution in [-0.4, -0.2) is 156 Å². The molecule has 4 unspecified atom stereocenters. The van der Waals surface area contributed by atoms with E-state index in [1.165, 1.54) is 19.3 Å². The highest BCUT2D eigenvalue weighted by Gasteiger charge is 2.47. The Bertz CT molecular complexity index is 3010. The number of carbonyl (C=O) groups is 3. The van der Waals surface area contributed by atoms with Crippen LogP contribution in [0.25, 0.3) is 22.1 Å². The van der Waals surface area contributed by atoms with Crippen molar-refractivity contribution in [2.45, 2.75) is 127 Å². The zero-order valence-electron chi connectivity index (χ0n) is 43.1. The molecule has 0 aromatic carbocycles. The van der Waals surface area contributed by atoms with Gasteiger partial charge in [0.1, 0.15) is 39.9 Å². The van der Waals surface area contributed by atoms with Crippen LogP contribution in [0.2, 0.25) is 0 Å². The minimum Gasteiger partial charge on any atom is -0.444 e. The van der Waals surface area contributed by atoms with Crippen molar-refractivity contribution in [1.82, 2.24) is 59.1 Å². The molecule has 6 aromatic rings. The molecule has 3 N–H and O–H groups in total. The molecule has 4 saturated heterocycles. The molecular weight excluding hydrogens is 925 g/mol. The largest absolute Gasteiger partial charge is 0.444 e. The van der Waals surface area contributed by atoms with Crippen molar-refractivity contribution in [3.63, 3.8) is 0 Å². The van der Waals surface area contributed by atoms with Gasteiger partial charge in [0, 0.05) is 108 Å². The van der Waals surface area contributed by atoms with Crippen molar-refractivity contribution < 1.29 is 19.1 Å². The van der Waals surface area contributed by atoms with E-state index >= 15 is 0 Å². The molecule has 4 atom stereocenters. The fourth-order valence-corrected chi connectivity index (χ4v) is 11.9. The number of nitrogens with zero attached hydrogens (tertiary/aromatic N) is 13. The summed E-state index contributed by atoms with van der Waals surface area (Å²) in [6.07, 6.45) is 18.2. The van der Waals surface area contributed by atoms with E-state index in [4.69, 9.17) is 14.7 Å². The van der Waals surface area contributed by atoms with E-state index in [-0.39, 0.29) is 36.0 Å². The first-order chi connectivity index (χ1) is 35.1. The molecule has 2 aliphatic carbocycles. The lowest BCUT2D eigenvalue weighted by molar-refractivity contribution is 0.0214. The number of nitrogens with one attached hydrogen (secondary N) is 3. The highest BCUT2D eigenvalue weighted by molar-refractivity contribution is 5.99. The maximum atomic E-state index is 13.0. The fourth-order valence-electron chi connectivity index (χ4n) is 11.9. The Balaban J connectivity index is 0.000000160. The van der Waals surface area contributed by atoms with Gasteiger partial charge >= 0.3 is 6.09 Å². The van der Waals surface area contributed by atoms with E-state index in [9.17, 15) is 14.4 Å². The number of ether oxygens (including phenoxy) is 1. The Labute approximate surface area is 425 Å². The molecule has 384 valence electrons. The molecule has 6 fully saturated rings. The van der Waals surface area contributed by atoms with Gasteiger partial charge in [-0.15, -0.1) is 0 Å². The van der Waals surface area contributed by atoms with Crippen molar-refractivity contribution >= 4 is 74.9 Å². The Kier molecular flexibility index (Phi) is 12.8. The Morgan fingerprint density at radius 1 is 0.616 bits per heavy atom. The maximum absolute atomic E-state index is 13.0. The highest BCUT2D eigenvalue weighted by Crippen LogP contribution is 2.38. The van der Waals surface area contributed by atoms with Crippen LogP contribution in [0.1, 0.15) is 118 Å². The maximum Gasteiger partial charge on any atom is 0.410 e. The standard InChI is InChI=1S/C29H38N8O3.C24H30N8O/c1-29(2,3)40-28(39)36-17-21-13-22(36)16-35(21)20-10-11-24(30-15-20)32-27-31-14-18-12-23(26(38)34(4)5)37(25(18)33-27)19-8-6-7-9-19;1-30(2)23(33)20-9-15-11-27-24(29-22(15)32(20)17-5-3-4-6-17)28-21-8-7-18(12-26-21)31-14-16-10-19(31)13-25-16/h10-12,14-15,19,21-22H,6-9,13,16-17H2,1-5H3,(H,30,31,32,33);7-9,11-12,16-17,19,25H,3-6,10,13-14H2,1-2H3,(H,26,27,28,29). The highest BCUT2D eigenvalue weighted by atomic mass is 16.6. The third kappa shape index (κ3) is 9.68. The first kappa shape index (κ1) is 48.2. The molecule has 2 saturated carbocycles. The molecule has 3 amide bonds.